The Morgan fingerprint density at radius 2 is 2.05 bits per heavy atom. The van der Waals surface area contributed by atoms with Gasteiger partial charge in [0.05, 0.1) is 12.8 Å². The molecule has 0 bridgehead atoms. The van der Waals surface area contributed by atoms with Crippen molar-refractivity contribution in [3.05, 3.63) is 58.7 Å². The predicted molar refractivity (Wildman–Crippen MR) is 77.2 cm³/mol. The van der Waals surface area contributed by atoms with E-state index in [4.69, 9.17) is 4.74 Å². The summed E-state index contributed by atoms with van der Waals surface area (Å²) in [6.07, 6.45) is 1.81. The smallest absolute Gasteiger partial charge is 0.128 e. The first-order valence-electron chi connectivity index (χ1n) is 6.56. The van der Waals surface area contributed by atoms with E-state index in [1.807, 2.05) is 26.1 Å². The summed E-state index contributed by atoms with van der Waals surface area (Å²) in [5.41, 5.74) is 3.93. The zero-order chi connectivity index (χ0) is 14.5. The van der Waals surface area contributed by atoms with Gasteiger partial charge >= 0.3 is 0 Å². The van der Waals surface area contributed by atoms with Crippen LogP contribution >= 0.6 is 0 Å². The van der Waals surface area contributed by atoms with Gasteiger partial charge in [0.1, 0.15) is 11.6 Å². The maximum Gasteiger partial charge on any atom is 0.128 e. The average Bonchev–Trinajstić information content (AvgIpc) is 2.42. The van der Waals surface area contributed by atoms with Crippen LogP contribution in [0.2, 0.25) is 0 Å². The fourth-order valence-corrected chi connectivity index (χ4v) is 2.22. The van der Waals surface area contributed by atoms with Crippen LogP contribution in [0.25, 0.3) is 0 Å². The fourth-order valence-electron chi connectivity index (χ4n) is 2.22. The molecule has 0 aliphatic rings. The molecule has 0 saturated heterocycles. The highest BCUT2D eigenvalue weighted by atomic mass is 19.1. The first-order valence-corrected chi connectivity index (χ1v) is 6.56. The number of benzene rings is 1. The van der Waals surface area contributed by atoms with Crippen LogP contribution < -0.4 is 10.1 Å². The minimum Gasteiger partial charge on any atom is -0.496 e. The molecule has 0 spiro atoms. The number of methoxy groups -OCH3 is 1. The van der Waals surface area contributed by atoms with Gasteiger partial charge < -0.3 is 10.1 Å². The third kappa shape index (κ3) is 3.33. The van der Waals surface area contributed by atoms with Crippen molar-refractivity contribution < 1.29 is 9.13 Å². The van der Waals surface area contributed by atoms with Crippen LogP contribution in [0.1, 0.15) is 22.4 Å². The van der Waals surface area contributed by atoms with E-state index in [0.717, 1.165) is 28.1 Å². The summed E-state index contributed by atoms with van der Waals surface area (Å²) in [5.74, 6) is 0.665. The van der Waals surface area contributed by atoms with E-state index in [9.17, 15) is 4.39 Å². The molecule has 106 valence electrons. The quantitative estimate of drug-likeness (QED) is 0.909. The highest BCUT2D eigenvalue weighted by Crippen LogP contribution is 2.23. The molecule has 0 amide bonds. The number of halogens is 1. The van der Waals surface area contributed by atoms with E-state index in [2.05, 4.69) is 10.3 Å². The van der Waals surface area contributed by atoms with Crippen molar-refractivity contribution in [1.29, 1.82) is 0 Å². The lowest BCUT2D eigenvalue weighted by molar-refractivity contribution is 0.406. The maximum absolute atomic E-state index is 13.1. The Labute approximate surface area is 118 Å². The lowest BCUT2D eigenvalue weighted by atomic mass is 10.1. The van der Waals surface area contributed by atoms with E-state index in [0.29, 0.717) is 13.1 Å². The highest BCUT2D eigenvalue weighted by Gasteiger charge is 2.08. The molecule has 0 fully saturated rings. The molecule has 1 heterocycles. The number of aromatic nitrogens is 1. The molecule has 20 heavy (non-hydrogen) atoms. The second-order valence-corrected chi connectivity index (χ2v) is 4.78. The number of nitrogens with zero attached hydrogens (tertiary/aromatic N) is 1. The molecule has 4 heteroatoms. The molecular weight excluding hydrogens is 255 g/mol. The van der Waals surface area contributed by atoms with Crippen LogP contribution in [0.5, 0.6) is 5.75 Å². The van der Waals surface area contributed by atoms with Crippen LogP contribution in [0.3, 0.4) is 0 Å². The fraction of sp³-hybridized carbons (Fsp3) is 0.312. The molecule has 1 N–H and O–H groups in total. The SMILES string of the molecule is COc1c(C)cnc(CNCc2cccc(F)c2)c1C. The Hall–Kier alpha value is -1.94. The van der Waals surface area contributed by atoms with Gasteiger partial charge in [-0.3, -0.25) is 4.98 Å². The van der Waals surface area contributed by atoms with Gasteiger partial charge in [-0.05, 0) is 31.5 Å². The summed E-state index contributed by atoms with van der Waals surface area (Å²) >= 11 is 0. The Bertz CT molecular complexity index is 599. The number of ether oxygens (including phenoxy) is 1. The van der Waals surface area contributed by atoms with E-state index in [-0.39, 0.29) is 5.82 Å². The number of hydrogen-bond donors (Lipinski definition) is 1. The highest BCUT2D eigenvalue weighted by molar-refractivity contribution is 5.41. The molecule has 0 aliphatic heterocycles. The monoisotopic (exact) mass is 274 g/mol. The van der Waals surface area contributed by atoms with Crippen LogP contribution in [0.4, 0.5) is 4.39 Å². The number of rotatable bonds is 5. The Morgan fingerprint density at radius 1 is 1.25 bits per heavy atom. The zero-order valence-corrected chi connectivity index (χ0v) is 12.0. The molecule has 1 aromatic heterocycles. The van der Waals surface area contributed by atoms with Crippen LogP contribution in [0, 0.1) is 19.7 Å². The first-order chi connectivity index (χ1) is 9.61. The predicted octanol–water partition coefficient (Wildman–Crippen LogP) is 3.14. The summed E-state index contributed by atoms with van der Waals surface area (Å²) in [5, 5.41) is 3.27. The Balaban J connectivity index is 2.01. The van der Waals surface area contributed by atoms with Crippen LogP contribution in [-0.2, 0) is 13.1 Å². The minimum atomic E-state index is -0.212. The third-order valence-corrected chi connectivity index (χ3v) is 3.26. The Morgan fingerprint density at radius 3 is 2.75 bits per heavy atom. The second-order valence-electron chi connectivity index (χ2n) is 4.78. The van der Waals surface area contributed by atoms with Gasteiger partial charge in [0, 0.05) is 30.4 Å². The molecule has 0 unspecified atom stereocenters. The molecular formula is C16H19FN2O. The first kappa shape index (κ1) is 14.5. The molecule has 1 aromatic carbocycles. The van der Waals surface area contributed by atoms with Crippen molar-refractivity contribution in [2.45, 2.75) is 26.9 Å². The number of pyridine rings is 1. The maximum atomic E-state index is 13.1. The van der Waals surface area contributed by atoms with Crippen molar-refractivity contribution in [3.63, 3.8) is 0 Å². The van der Waals surface area contributed by atoms with Crippen LogP contribution in [0.15, 0.2) is 30.5 Å². The number of nitrogens with one attached hydrogen (secondary N) is 1. The lowest BCUT2D eigenvalue weighted by Gasteiger charge is -2.12. The number of hydrogen-bond acceptors (Lipinski definition) is 3. The largest absolute Gasteiger partial charge is 0.496 e. The van der Waals surface area contributed by atoms with E-state index in [1.54, 1.807) is 13.2 Å². The van der Waals surface area contributed by atoms with Crippen molar-refractivity contribution >= 4 is 0 Å². The summed E-state index contributed by atoms with van der Waals surface area (Å²) in [6, 6.07) is 6.58. The molecule has 0 aliphatic carbocycles. The van der Waals surface area contributed by atoms with E-state index < -0.39 is 0 Å². The molecule has 3 nitrogen and oxygen atoms in total. The molecule has 2 rings (SSSR count). The molecule has 2 aromatic rings. The minimum absolute atomic E-state index is 0.212. The van der Waals surface area contributed by atoms with Gasteiger partial charge in [-0.15, -0.1) is 0 Å². The van der Waals surface area contributed by atoms with Crippen molar-refractivity contribution in [2.75, 3.05) is 7.11 Å². The molecule has 0 atom stereocenters. The van der Waals surface area contributed by atoms with Gasteiger partial charge in [0.25, 0.3) is 0 Å². The summed E-state index contributed by atoms with van der Waals surface area (Å²) in [7, 11) is 1.67. The standard InChI is InChI=1S/C16H19FN2O/c1-11-8-19-15(12(2)16(11)20-3)10-18-9-13-5-4-6-14(17)7-13/h4-8,18H,9-10H2,1-3H3. The third-order valence-electron chi connectivity index (χ3n) is 3.26. The topological polar surface area (TPSA) is 34.1 Å². The average molecular weight is 274 g/mol. The van der Waals surface area contributed by atoms with E-state index >= 15 is 0 Å². The Kier molecular flexibility index (Phi) is 4.69. The van der Waals surface area contributed by atoms with E-state index in [1.165, 1.54) is 12.1 Å². The zero-order valence-electron chi connectivity index (χ0n) is 12.0. The molecule has 0 saturated carbocycles. The van der Waals surface area contributed by atoms with Gasteiger partial charge in [-0.2, -0.15) is 0 Å². The van der Waals surface area contributed by atoms with Crippen molar-refractivity contribution in [2.24, 2.45) is 0 Å². The summed E-state index contributed by atoms with van der Waals surface area (Å²) in [6.45, 7) is 5.20. The van der Waals surface area contributed by atoms with Gasteiger partial charge in [0.2, 0.25) is 0 Å². The van der Waals surface area contributed by atoms with Gasteiger partial charge in [-0.1, -0.05) is 12.1 Å². The normalized spacial score (nSPS) is 10.6. The van der Waals surface area contributed by atoms with Crippen LogP contribution in [-0.4, -0.2) is 12.1 Å². The van der Waals surface area contributed by atoms with Gasteiger partial charge in [-0.25, -0.2) is 4.39 Å². The summed E-state index contributed by atoms with van der Waals surface area (Å²) in [4.78, 5) is 4.42. The summed E-state index contributed by atoms with van der Waals surface area (Å²) < 4.78 is 18.4. The second kappa shape index (κ2) is 6.48. The van der Waals surface area contributed by atoms with Crippen molar-refractivity contribution in [1.82, 2.24) is 10.3 Å². The lowest BCUT2D eigenvalue weighted by Crippen LogP contribution is -2.15. The molecule has 0 radical (unpaired) electrons. The van der Waals surface area contributed by atoms with Gasteiger partial charge in [0.15, 0.2) is 0 Å². The van der Waals surface area contributed by atoms with Crippen molar-refractivity contribution in [3.8, 4) is 5.75 Å². The number of aryl methyl sites for hydroxylation is 1.